The zero-order chi connectivity index (χ0) is 18.2. The lowest BCUT2D eigenvalue weighted by Gasteiger charge is -2.15. The molecular formula is C20H24ClNO3. The molecule has 5 heteroatoms. The first-order chi connectivity index (χ1) is 12.0. The van der Waals surface area contributed by atoms with Gasteiger partial charge in [-0.3, -0.25) is 4.79 Å². The van der Waals surface area contributed by atoms with Crippen molar-refractivity contribution in [2.45, 2.75) is 39.3 Å². The largest absolute Gasteiger partial charge is 0.496 e. The summed E-state index contributed by atoms with van der Waals surface area (Å²) in [5.74, 6) is 1.26. The lowest BCUT2D eigenvalue weighted by atomic mass is 10.1. The van der Waals surface area contributed by atoms with E-state index in [1.54, 1.807) is 37.4 Å². The molecule has 0 radical (unpaired) electrons. The predicted octanol–water partition coefficient (Wildman–Crippen LogP) is 4.85. The number of methoxy groups -OCH3 is 1. The van der Waals surface area contributed by atoms with Gasteiger partial charge in [0.25, 0.3) is 5.91 Å². The molecule has 1 atom stereocenters. The number of rotatable bonds is 8. The fourth-order valence-electron chi connectivity index (χ4n) is 2.56. The molecule has 0 aliphatic rings. The summed E-state index contributed by atoms with van der Waals surface area (Å²) in [6, 6.07) is 12.7. The Morgan fingerprint density at radius 1 is 1.24 bits per heavy atom. The normalized spacial score (nSPS) is 11.7. The number of amides is 1. The van der Waals surface area contributed by atoms with Gasteiger partial charge in [-0.2, -0.15) is 0 Å². The lowest BCUT2D eigenvalue weighted by molar-refractivity contribution is 0.0938. The van der Waals surface area contributed by atoms with E-state index in [0.29, 0.717) is 22.1 Å². The average Bonchev–Trinajstić information content (AvgIpc) is 2.60. The van der Waals surface area contributed by atoms with Crippen molar-refractivity contribution in [2.75, 3.05) is 7.11 Å². The van der Waals surface area contributed by atoms with Crippen molar-refractivity contribution in [1.82, 2.24) is 5.32 Å². The third-order valence-corrected chi connectivity index (χ3v) is 4.07. The number of carbonyl (C=O) groups excluding carboxylic acids is 1. The van der Waals surface area contributed by atoms with Crippen LogP contribution in [0.4, 0.5) is 0 Å². The van der Waals surface area contributed by atoms with Crippen LogP contribution in [0, 0.1) is 0 Å². The zero-order valence-corrected chi connectivity index (χ0v) is 15.6. The maximum absolute atomic E-state index is 12.4. The van der Waals surface area contributed by atoms with Crippen LogP contribution in [0.3, 0.4) is 0 Å². The predicted molar refractivity (Wildman–Crippen MR) is 101 cm³/mol. The van der Waals surface area contributed by atoms with Gasteiger partial charge in [-0.05, 0) is 49.7 Å². The van der Waals surface area contributed by atoms with Gasteiger partial charge in [-0.15, -0.1) is 0 Å². The van der Waals surface area contributed by atoms with E-state index < -0.39 is 0 Å². The molecule has 0 saturated carbocycles. The van der Waals surface area contributed by atoms with Crippen LogP contribution in [-0.4, -0.2) is 19.1 Å². The molecule has 1 unspecified atom stereocenters. The third-order valence-electron chi connectivity index (χ3n) is 3.83. The van der Waals surface area contributed by atoms with Crippen molar-refractivity contribution in [3.63, 3.8) is 0 Å². The Kier molecular flexibility index (Phi) is 7.14. The van der Waals surface area contributed by atoms with Gasteiger partial charge < -0.3 is 14.8 Å². The molecule has 0 fully saturated rings. The molecule has 0 heterocycles. The third kappa shape index (κ3) is 5.68. The van der Waals surface area contributed by atoms with Crippen LogP contribution in [0.2, 0.25) is 5.02 Å². The Hall–Kier alpha value is -2.20. The summed E-state index contributed by atoms with van der Waals surface area (Å²) in [5.41, 5.74) is 1.40. The summed E-state index contributed by atoms with van der Waals surface area (Å²) in [6.07, 6.45) is 1.98. The maximum atomic E-state index is 12.4. The summed E-state index contributed by atoms with van der Waals surface area (Å²) in [4.78, 5) is 12.4. The van der Waals surface area contributed by atoms with Crippen molar-refractivity contribution in [3.8, 4) is 11.5 Å². The van der Waals surface area contributed by atoms with Gasteiger partial charge in [0.1, 0.15) is 18.1 Å². The molecule has 0 aliphatic carbocycles. The first kappa shape index (κ1) is 19.1. The van der Waals surface area contributed by atoms with E-state index in [9.17, 15) is 4.79 Å². The van der Waals surface area contributed by atoms with Crippen LogP contribution in [0.1, 0.15) is 42.6 Å². The van der Waals surface area contributed by atoms with Gasteiger partial charge in [0.05, 0.1) is 7.11 Å². The van der Waals surface area contributed by atoms with E-state index in [4.69, 9.17) is 21.1 Å². The molecule has 0 aromatic heterocycles. The van der Waals surface area contributed by atoms with Gasteiger partial charge >= 0.3 is 0 Å². The highest BCUT2D eigenvalue weighted by atomic mass is 35.5. The monoisotopic (exact) mass is 361 g/mol. The highest BCUT2D eigenvalue weighted by Crippen LogP contribution is 2.24. The molecule has 1 amide bonds. The second-order valence-corrected chi connectivity index (χ2v) is 6.37. The molecule has 25 heavy (non-hydrogen) atoms. The topological polar surface area (TPSA) is 47.6 Å². The van der Waals surface area contributed by atoms with Gasteiger partial charge in [0.2, 0.25) is 0 Å². The summed E-state index contributed by atoms with van der Waals surface area (Å²) >= 11 is 5.97. The van der Waals surface area contributed by atoms with Crippen LogP contribution >= 0.6 is 11.6 Å². The minimum atomic E-state index is -0.0902. The number of benzene rings is 2. The highest BCUT2D eigenvalue weighted by molar-refractivity contribution is 6.30. The van der Waals surface area contributed by atoms with Crippen LogP contribution < -0.4 is 14.8 Å². The van der Waals surface area contributed by atoms with E-state index >= 15 is 0 Å². The van der Waals surface area contributed by atoms with Gasteiger partial charge in [0.15, 0.2) is 0 Å². The zero-order valence-electron chi connectivity index (χ0n) is 14.8. The Morgan fingerprint density at radius 3 is 2.72 bits per heavy atom. The number of halogens is 1. The van der Waals surface area contributed by atoms with Crippen LogP contribution in [0.15, 0.2) is 42.5 Å². The molecule has 0 saturated heterocycles. The van der Waals surface area contributed by atoms with Crippen molar-refractivity contribution in [2.24, 2.45) is 0 Å². The second-order valence-electron chi connectivity index (χ2n) is 5.94. The standard InChI is InChI=1S/C20H24ClNO3/c1-4-6-14(2)22-20(23)15-9-10-19(24-3)16(11-15)13-25-18-8-5-7-17(21)12-18/h5,7-12,14H,4,6,13H2,1-3H3,(H,22,23). The van der Waals surface area contributed by atoms with Crippen LogP contribution in [0.5, 0.6) is 11.5 Å². The SMILES string of the molecule is CCCC(C)NC(=O)c1ccc(OC)c(COc2cccc(Cl)c2)c1. The smallest absolute Gasteiger partial charge is 0.251 e. The molecule has 4 nitrogen and oxygen atoms in total. The van der Waals surface area contributed by atoms with Gasteiger partial charge in [-0.25, -0.2) is 0 Å². The summed E-state index contributed by atoms with van der Waals surface area (Å²) < 4.78 is 11.1. The van der Waals surface area contributed by atoms with Crippen LogP contribution in [-0.2, 0) is 6.61 Å². The molecule has 2 rings (SSSR count). The summed E-state index contributed by atoms with van der Waals surface area (Å²) in [5, 5.41) is 3.62. The lowest BCUT2D eigenvalue weighted by Crippen LogP contribution is -2.32. The molecule has 2 aromatic rings. The number of nitrogens with one attached hydrogen (secondary N) is 1. The quantitative estimate of drug-likeness (QED) is 0.731. The Bertz CT molecular complexity index is 718. The highest BCUT2D eigenvalue weighted by Gasteiger charge is 2.13. The van der Waals surface area contributed by atoms with E-state index in [1.165, 1.54) is 0 Å². The molecule has 0 aliphatic heterocycles. The number of hydrogen-bond acceptors (Lipinski definition) is 3. The number of carbonyl (C=O) groups is 1. The van der Waals surface area contributed by atoms with Crippen LogP contribution in [0.25, 0.3) is 0 Å². The van der Waals surface area contributed by atoms with Crippen molar-refractivity contribution < 1.29 is 14.3 Å². The van der Waals surface area contributed by atoms with Gasteiger partial charge in [-0.1, -0.05) is 31.0 Å². The molecule has 0 spiro atoms. The van der Waals surface area contributed by atoms with Crippen molar-refractivity contribution in [3.05, 3.63) is 58.6 Å². The molecule has 0 bridgehead atoms. The van der Waals surface area contributed by atoms with E-state index in [-0.39, 0.29) is 18.6 Å². The molecule has 2 aromatic carbocycles. The van der Waals surface area contributed by atoms with E-state index in [0.717, 1.165) is 18.4 Å². The Balaban J connectivity index is 2.12. The fraction of sp³-hybridized carbons (Fsp3) is 0.350. The first-order valence-corrected chi connectivity index (χ1v) is 8.77. The molecule has 1 N–H and O–H groups in total. The number of ether oxygens (including phenoxy) is 2. The Labute approximate surface area is 154 Å². The average molecular weight is 362 g/mol. The minimum Gasteiger partial charge on any atom is -0.496 e. The molecular weight excluding hydrogens is 338 g/mol. The first-order valence-electron chi connectivity index (χ1n) is 8.39. The second kappa shape index (κ2) is 9.33. The Morgan fingerprint density at radius 2 is 2.04 bits per heavy atom. The maximum Gasteiger partial charge on any atom is 0.251 e. The number of hydrogen-bond donors (Lipinski definition) is 1. The van der Waals surface area contributed by atoms with E-state index in [1.807, 2.05) is 19.1 Å². The van der Waals surface area contributed by atoms with Crippen molar-refractivity contribution >= 4 is 17.5 Å². The minimum absolute atomic E-state index is 0.0902. The fourth-order valence-corrected chi connectivity index (χ4v) is 2.74. The van der Waals surface area contributed by atoms with Crippen molar-refractivity contribution in [1.29, 1.82) is 0 Å². The van der Waals surface area contributed by atoms with Gasteiger partial charge in [0, 0.05) is 22.2 Å². The summed E-state index contributed by atoms with van der Waals surface area (Å²) in [7, 11) is 1.60. The molecule has 134 valence electrons. The summed E-state index contributed by atoms with van der Waals surface area (Å²) in [6.45, 7) is 4.39. The van der Waals surface area contributed by atoms with E-state index in [2.05, 4.69) is 12.2 Å².